The second kappa shape index (κ2) is 5.70. The lowest BCUT2D eigenvalue weighted by Crippen LogP contribution is -2.54. The number of hydrogen-bond donors (Lipinski definition) is 1. The molecule has 1 aromatic rings. The summed E-state index contributed by atoms with van der Waals surface area (Å²) in [6.07, 6.45) is 4.25. The maximum absolute atomic E-state index is 4.45. The predicted molar refractivity (Wildman–Crippen MR) is 77.2 cm³/mol. The topological polar surface area (TPSA) is 28.2 Å². The first-order chi connectivity index (χ1) is 8.61. The van der Waals surface area contributed by atoms with E-state index in [1.807, 2.05) is 6.20 Å². The molecule has 1 saturated heterocycles. The molecule has 3 nitrogen and oxygen atoms in total. The van der Waals surface area contributed by atoms with Crippen LogP contribution in [0.15, 0.2) is 12.3 Å². The summed E-state index contributed by atoms with van der Waals surface area (Å²) in [7, 11) is 0. The van der Waals surface area contributed by atoms with Crippen LogP contribution in [0.3, 0.4) is 0 Å². The van der Waals surface area contributed by atoms with Gasteiger partial charge in [-0.3, -0.25) is 4.98 Å². The van der Waals surface area contributed by atoms with Crippen molar-refractivity contribution in [2.45, 2.75) is 52.6 Å². The minimum atomic E-state index is 0.552. The lowest BCUT2D eigenvalue weighted by molar-refractivity contribution is 0.406. The summed E-state index contributed by atoms with van der Waals surface area (Å²) in [5, 5.41) is 3.59. The molecule has 1 aliphatic rings. The minimum Gasteiger partial charge on any atom is -0.368 e. The van der Waals surface area contributed by atoms with E-state index in [4.69, 9.17) is 0 Å². The van der Waals surface area contributed by atoms with Crippen LogP contribution in [0.1, 0.15) is 38.4 Å². The molecule has 0 aromatic carbocycles. The third-order valence-corrected chi connectivity index (χ3v) is 3.64. The second-order valence-electron chi connectivity index (χ2n) is 5.52. The largest absolute Gasteiger partial charge is 0.368 e. The fourth-order valence-electron chi connectivity index (χ4n) is 2.96. The van der Waals surface area contributed by atoms with Gasteiger partial charge in [0.05, 0.1) is 0 Å². The van der Waals surface area contributed by atoms with E-state index >= 15 is 0 Å². The van der Waals surface area contributed by atoms with E-state index in [0.717, 1.165) is 19.5 Å². The zero-order valence-corrected chi connectivity index (χ0v) is 12.0. The van der Waals surface area contributed by atoms with E-state index in [1.54, 1.807) is 0 Å². The van der Waals surface area contributed by atoms with Crippen molar-refractivity contribution in [3.05, 3.63) is 23.5 Å². The van der Waals surface area contributed by atoms with Crippen molar-refractivity contribution in [2.24, 2.45) is 0 Å². The van der Waals surface area contributed by atoms with Crippen LogP contribution in [0.2, 0.25) is 0 Å². The summed E-state index contributed by atoms with van der Waals surface area (Å²) < 4.78 is 0. The number of pyridine rings is 1. The molecule has 1 N–H and O–H groups in total. The number of hydrogen-bond acceptors (Lipinski definition) is 3. The van der Waals surface area contributed by atoms with Crippen molar-refractivity contribution >= 4 is 5.69 Å². The molecule has 0 radical (unpaired) electrons. The Hall–Kier alpha value is -1.09. The molecule has 100 valence electrons. The van der Waals surface area contributed by atoms with E-state index in [-0.39, 0.29) is 0 Å². The average molecular weight is 247 g/mol. The smallest absolute Gasteiger partial charge is 0.0433 e. The number of rotatable bonds is 3. The number of nitrogens with zero attached hydrogens (tertiary/aromatic N) is 2. The molecule has 18 heavy (non-hydrogen) atoms. The third kappa shape index (κ3) is 2.83. The van der Waals surface area contributed by atoms with Crippen LogP contribution in [-0.4, -0.2) is 30.2 Å². The van der Waals surface area contributed by atoms with Gasteiger partial charge >= 0.3 is 0 Å². The van der Waals surface area contributed by atoms with Gasteiger partial charge in [0.1, 0.15) is 0 Å². The zero-order valence-electron chi connectivity index (χ0n) is 12.0. The first kappa shape index (κ1) is 13.3. The Labute approximate surface area is 111 Å². The van der Waals surface area contributed by atoms with Crippen LogP contribution in [-0.2, 0) is 6.42 Å². The molecule has 0 aliphatic carbocycles. The Morgan fingerprint density at radius 2 is 2.00 bits per heavy atom. The quantitative estimate of drug-likeness (QED) is 0.889. The Balaban J connectivity index is 2.29. The van der Waals surface area contributed by atoms with Gasteiger partial charge in [-0.05, 0) is 38.8 Å². The van der Waals surface area contributed by atoms with Gasteiger partial charge in [-0.25, -0.2) is 0 Å². The van der Waals surface area contributed by atoms with Gasteiger partial charge in [-0.1, -0.05) is 13.3 Å². The van der Waals surface area contributed by atoms with Gasteiger partial charge in [-0.15, -0.1) is 0 Å². The van der Waals surface area contributed by atoms with Gasteiger partial charge < -0.3 is 10.2 Å². The Kier molecular flexibility index (Phi) is 4.23. The second-order valence-corrected chi connectivity index (χ2v) is 5.52. The maximum Gasteiger partial charge on any atom is 0.0433 e. The van der Waals surface area contributed by atoms with Crippen molar-refractivity contribution in [2.75, 3.05) is 18.0 Å². The highest BCUT2D eigenvalue weighted by Gasteiger charge is 2.23. The van der Waals surface area contributed by atoms with E-state index < -0.39 is 0 Å². The lowest BCUT2D eigenvalue weighted by atomic mass is 10.0. The molecule has 0 bridgehead atoms. The highest BCUT2D eigenvalue weighted by Crippen LogP contribution is 2.25. The summed E-state index contributed by atoms with van der Waals surface area (Å²) in [4.78, 5) is 6.97. The van der Waals surface area contributed by atoms with Crippen LogP contribution in [0.4, 0.5) is 5.69 Å². The summed E-state index contributed by atoms with van der Waals surface area (Å²) in [5.41, 5.74) is 4.01. The fourth-order valence-corrected chi connectivity index (χ4v) is 2.96. The zero-order chi connectivity index (χ0) is 13.1. The van der Waals surface area contributed by atoms with Gasteiger partial charge in [-0.2, -0.15) is 0 Å². The summed E-state index contributed by atoms with van der Waals surface area (Å²) >= 11 is 0. The van der Waals surface area contributed by atoms with Crippen molar-refractivity contribution in [1.82, 2.24) is 10.3 Å². The van der Waals surface area contributed by atoms with Crippen molar-refractivity contribution < 1.29 is 0 Å². The van der Waals surface area contributed by atoms with Crippen LogP contribution >= 0.6 is 0 Å². The molecular weight excluding hydrogens is 222 g/mol. The van der Waals surface area contributed by atoms with Gasteiger partial charge in [0.2, 0.25) is 0 Å². The predicted octanol–water partition coefficient (Wildman–Crippen LogP) is 2.53. The first-order valence-electron chi connectivity index (χ1n) is 7.07. The molecule has 0 spiro atoms. The van der Waals surface area contributed by atoms with E-state index in [1.165, 1.54) is 23.4 Å². The fraction of sp³-hybridized carbons (Fsp3) is 0.667. The summed E-state index contributed by atoms with van der Waals surface area (Å²) in [6, 6.07) is 3.29. The van der Waals surface area contributed by atoms with E-state index in [9.17, 15) is 0 Å². The Morgan fingerprint density at radius 1 is 1.33 bits per heavy atom. The highest BCUT2D eigenvalue weighted by molar-refractivity contribution is 5.55. The number of aromatic nitrogens is 1. The molecule has 0 amide bonds. The average Bonchev–Trinajstić information content (AvgIpc) is 2.30. The number of anilines is 1. The number of nitrogens with one attached hydrogen (secondary N) is 1. The lowest BCUT2D eigenvalue weighted by Gasteiger charge is -2.38. The molecule has 2 unspecified atom stereocenters. The van der Waals surface area contributed by atoms with Crippen molar-refractivity contribution in [3.8, 4) is 0 Å². The van der Waals surface area contributed by atoms with Crippen LogP contribution in [0.25, 0.3) is 0 Å². The van der Waals surface area contributed by atoms with Crippen LogP contribution < -0.4 is 10.2 Å². The number of aryl methyl sites for hydroxylation is 1. The molecule has 2 rings (SSSR count). The van der Waals surface area contributed by atoms with Gasteiger partial charge in [0, 0.05) is 42.8 Å². The van der Waals surface area contributed by atoms with Crippen molar-refractivity contribution in [1.29, 1.82) is 0 Å². The van der Waals surface area contributed by atoms with Crippen LogP contribution in [0.5, 0.6) is 0 Å². The molecule has 1 fully saturated rings. The van der Waals surface area contributed by atoms with E-state index in [2.05, 4.69) is 49.0 Å². The first-order valence-corrected chi connectivity index (χ1v) is 7.07. The Bertz CT molecular complexity index is 393. The SMILES string of the molecule is CCCc1c(N2CC(C)NC(C)C2)ccnc1C. The normalized spacial score (nSPS) is 24.3. The molecule has 1 aliphatic heterocycles. The van der Waals surface area contributed by atoms with Gasteiger partial charge in [0.25, 0.3) is 0 Å². The standard InChI is InChI=1S/C15H25N3/c1-5-6-14-13(4)16-8-7-15(14)18-9-11(2)17-12(3)10-18/h7-8,11-12,17H,5-6,9-10H2,1-4H3. The van der Waals surface area contributed by atoms with Crippen LogP contribution in [0, 0.1) is 6.92 Å². The summed E-state index contributed by atoms with van der Waals surface area (Å²) in [5.74, 6) is 0. The third-order valence-electron chi connectivity index (χ3n) is 3.64. The molecular formula is C15H25N3. The summed E-state index contributed by atoms with van der Waals surface area (Å²) in [6.45, 7) is 11.1. The molecule has 2 atom stereocenters. The van der Waals surface area contributed by atoms with Gasteiger partial charge in [0.15, 0.2) is 0 Å². The highest BCUT2D eigenvalue weighted by atomic mass is 15.2. The molecule has 2 heterocycles. The van der Waals surface area contributed by atoms with Crippen molar-refractivity contribution in [3.63, 3.8) is 0 Å². The Morgan fingerprint density at radius 3 is 2.61 bits per heavy atom. The molecule has 3 heteroatoms. The monoisotopic (exact) mass is 247 g/mol. The molecule has 0 saturated carbocycles. The molecule has 1 aromatic heterocycles. The van der Waals surface area contributed by atoms with E-state index in [0.29, 0.717) is 12.1 Å². The number of piperazine rings is 1. The minimum absolute atomic E-state index is 0.552. The maximum atomic E-state index is 4.45.